The van der Waals surface area contributed by atoms with Crippen LogP contribution in [0.5, 0.6) is 0 Å². The molecule has 0 spiro atoms. The van der Waals surface area contributed by atoms with Gasteiger partial charge in [-0.15, -0.1) is 0 Å². The number of hydrogen-bond acceptors (Lipinski definition) is 2. The molecule has 0 amide bonds. The van der Waals surface area contributed by atoms with Crippen molar-refractivity contribution in [2.45, 2.75) is 46.3 Å². The van der Waals surface area contributed by atoms with E-state index >= 15 is 0 Å². The molecule has 0 bridgehead atoms. The van der Waals surface area contributed by atoms with Gasteiger partial charge in [0.05, 0.1) is 0 Å². The summed E-state index contributed by atoms with van der Waals surface area (Å²) in [4.78, 5) is 0. The Bertz CT molecular complexity index is 462. The minimum absolute atomic E-state index is 0. The second kappa shape index (κ2) is 6.20. The van der Waals surface area contributed by atoms with Crippen molar-refractivity contribution in [3.63, 3.8) is 0 Å². The first-order chi connectivity index (χ1) is 7.42. The van der Waals surface area contributed by atoms with Gasteiger partial charge in [0, 0.05) is 5.41 Å². The van der Waals surface area contributed by atoms with E-state index in [-0.39, 0.29) is 58.2 Å². The predicted molar refractivity (Wildman–Crippen MR) is 73.1 cm³/mol. The molecule has 0 aromatic rings. The zero-order valence-corrected chi connectivity index (χ0v) is 16.3. The summed E-state index contributed by atoms with van der Waals surface area (Å²) in [5.74, 6) is 0. The Morgan fingerprint density at radius 2 is 1.89 bits per heavy atom. The normalized spacial score (nSPS) is 23.2. The molecule has 0 aromatic carbocycles. The van der Waals surface area contributed by atoms with Crippen molar-refractivity contribution in [1.82, 2.24) is 0 Å². The van der Waals surface area contributed by atoms with Crippen LogP contribution < -0.4 is 56.5 Å². The van der Waals surface area contributed by atoms with Gasteiger partial charge in [-0.2, -0.15) is 0 Å². The molecule has 0 saturated carbocycles. The topological polar surface area (TPSA) is 60.2 Å². The average Bonchev–Trinajstić information content (AvgIpc) is 1.94. The average molecular weight is 298 g/mol. The number of hydrogen-bond donors (Lipinski definition) is 1. The van der Waals surface area contributed by atoms with Crippen molar-refractivity contribution in [2.24, 2.45) is 16.0 Å². The van der Waals surface area contributed by atoms with Crippen LogP contribution in [0.2, 0.25) is 0 Å². The fourth-order valence-electron chi connectivity index (χ4n) is 2.32. The Hall–Kier alpha value is 1.03. The summed E-state index contributed by atoms with van der Waals surface area (Å²) >= 11 is 0. The molecule has 0 fully saturated rings. The largest absolute Gasteiger partial charge is 1.00 e. The van der Waals surface area contributed by atoms with Crippen molar-refractivity contribution in [2.75, 3.05) is 0 Å². The van der Waals surface area contributed by atoms with E-state index in [1.54, 1.807) is 6.08 Å². The second-order valence-electron chi connectivity index (χ2n) is 6.65. The van der Waals surface area contributed by atoms with Gasteiger partial charge in [0.15, 0.2) is 0 Å². The summed E-state index contributed by atoms with van der Waals surface area (Å²) < 4.78 is 23.0. The zero-order valence-electron chi connectivity index (χ0n) is 13.3. The molecule has 0 radical (unpaired) electrons. The third-order valence-electron chi connectivity index (χ3n) is 2.86. The molecule has 18 heavy (non-hydrogen) atoms. The maximum absolute atomic E-state index is 11.5. The third kappa shape index (κ3) is 5.57. The van der Waals surface area contributed by atoms with Gasteiger partial charge in [0.2, 0.25) is 10.0 Å². The molecule has 0 aromatic heterocycles. The van der Waals surface area contributed by atoms with Crippen LogP contribution in [0.3, 0.4) is 0 Å². The van der Waals surface area contributed by atoms with Crippen molar-refractivity contribution >= 4 is 10.0 Å². The molecular formula is C13H24KNO2S. The Morgan fingerprint density at radius 1 is 1.39 bits per heavy atom. The molecule has 1 aliphatic carbocycles. The van der Waals surface area contributed by atoms with Crippen LogP contribution in [0.1, 0.15) is 42.5 Å². The van der Waals surface area contributed by atoms with E-state index in [1.165, 1.54) is 5.57 Å². The van der Waals surface area contributed by atoms with Crippen LogP contribution in [0, 0.1) is 10.8 Å². The van der Waals surface area contributed by atoms with Crippen molar-refractivity contribution in [3.05, 3.63) is 23.8 Å². The van der Waals surface area contributed by atoms with E-state index in [9.17, 15) is 8.42 Å². The van der Waals surface area contributed by atoms with Gasteiger partial charge in [-0.3, -0.25) is 0 Å². The molecule has 1 atom stereocenters. The molecule has 0 aliphatic heterocycles. The van der Waals surface area contributed by atoms with Crippen molar-refractivity contribution in [1.29, 1.82) is 0 Å². The van der Waals surface area contributed by atoms with Crippen LogP contribution >= 0.6 is 0 Å². The van der Waals surface area contributed by atoms with E-state index in [2.05, 4.69) is 20.8 Å². The summed E-state index contributed by atoms with van der Waals surface area (Å²) in [7, 11) is -3.53. The van der Waals surface area contributed by atoms with E-state index in [4.69, 9.17) is 5.14 Å². The van der Waals surface area contributed by atoms with Crippen LogP contribution in [0.15, 0.2) is 23.8 Å². The van der Waals surface area contributed by atoms with Gasteiger partial charge < -0.3 is 1.43 Å². The second-order valence-corrected chi connectivity index (χ2v) is 8.33. The number of rotatable bonds is 2. The monoisotopic (exact) mass is 297 g/mol. The van der Waals surface area contributed by atoms with Gasteiger partial charge in [-0.1, -0.05) is 58.4 Å². The fraction of sp³-hybridized carbons (Fsp3) is 0.692. The number of sulfonamides is 1. The Balaban J connectivity index is 0. The van der Waals surface area contributed by atoms with Crippen LogP contribution in [-0.4, -0.2) is 13.7 Å². The maximum atomic E-state index is 11.5. The molecule has 100 valence electrons. The minimum Gasteiger partial charge on any atom is -1.00 e. The molecule has 2 N–H and O–H groups in total. The maximum Gasteiger partial charge on any atom is 1.00 e. The molecule has 0 heterocycles. The summed E-state index contributed by atoms with van der Waals surface area (Å²) in [5.41, 5.74) is 0.936. The van der Waals surface area contributed by atoms with Gasteiger partial charge in [0.1, 0.15) is 5.25 Å². The van der Waals surface area contributed by atoms with Gasteiger partial charge >= 0.3 is 51.4 Å². The van der Waals surface area contributed by atoms with Crippen LogP contribution in [-0.2, 0) is 10.0 Å². The summed E-state index contributed by atoms with van der Waals surface area (Å²) in [6, 6.07) is 0. The van der Waals surface area contributed by atoms with Crippen molar-refractivity contribution in [3.8, 4) is 0 Å². The van der Waals surface area contributed by atoms with Gasteiger partial charge in [-0.05, 0) is 11.8 Å². The van der Waals surface area contributed by atoms with E-state index in [0.717, 1.165) is 6.42 Å². The first-order valence-corrected chi connectivity index (χ1v) is 7.44. The Labute approximate surface area is 155 Å². The smallest absolute Gasteiger partial charge is 1.00 e. The fourth-order valence-corrected chi connectivity index (χ4v) is 3.53. The molecule has 0 saturated heterocycles. The molecule has 3 nitrogen and oxygen atoms in total. The Kier molecular flexibility index (Phi) is 6.56. The summed E-state index contributed by atoms with van der Waals surface area (Å²) in [5, 5.41) is 4.62. The minimum atomic E-state index is -3.53. The first kappa shape index (κ1) is 19.0. The van der Waals surface area contributed by atoms with Gasteiger partial charge in [-0.25, -0.2) is 13.6 Å². The van der Waals surface area contributed by atoms with Crippen molar-refractivity contribution < 1.29 is 61.2 Å². The SMILES string of the molecule is CC(C)(C)CC1=CC(C)(C)C(S(N)(=O)=O)C=C1.[H-].[K+]. The first-order valence-electron chi connectivity index (χ1n) is 5.83. The number of nitrogens with two attached hydrogens (primary N) is 1. The quantitative estimate of drug-likeness (QED) is 0.713. The van der Waals surface area contributed by atoms with E-state index in [1.807, 2.05) is 26.0 Å². The van der Waals surface area contributed by atoms with Crippen LogP contribution in [0.4, 0.5) is 0 Å². The number of primary sulfonamides is 1. The van der Waals surface area contributed by atoms with Crippen LogP contribution in [0.25, 0.3) is 0 Å². The number of allylic oxidation sites excluding steroid dienone is 3. The molecular weight excluding hydrogens is 273 g/mol. The van der Waals surface area contributed by atoms with Gasteiger partial charge in [0.25, 0.3) is 0 Å². The Morgan fingerprint density at radius 3 is 2.22 bits per heavy atom. The van der Waals surface area contributed by atoms with E-state index in [0.29, 0.717) is 0 Å². The van der Waals surface area contributed by atoms with E-state index < -0.39 is 20.7 Å². The molecule has 5 heteroatoms. The zero-order chi connectivity index (χ0) is 13.5. The molecule has 1 unspecified atom stereocenters. The predicted octanol–water partition coefficient (Wildman–Crippen LogP) is -0.281. The molecule has 1 rings (SSSR count). The summed E-state index contributed by atoms with van der Waals surface area (Å²) in [6.07, 6.45) is 6.58. The third-order valence-corrected chi connectivity index (χ3v) is 4.34. The summed E-state index contributed by atoms with van der Waals surface area (Å²) in [6.45, 7) is 10.3. The molecule has 1 aliphatic rings. The standard InChI is InChI=1S/C13H23NO2S.K.H/c1-12(2,3)8-10-6-7-11(17(14,15)16)13(4,5)9-10;;/h6-7,9,11H,8H2,1-5H3,(H2,14,15,16);;/q;+1;-1.